The Labute approximate surface area is 700 Å². The molecule has 6 rings (SSSR count). The average Bonchev–Trinajstić information content (AvgIpc) is 1.66. The number of likely N-dealkylation sites (tertiary alicyclic amines) is 1. The van der Waals surface area contributed by atoms with Gasteiger partial charge in [0.25, 0.3) is 0 Å². The number of phenolic OH excluding ortho intramolecular Hbond substituents is 1. The summed E-state index contributed by atoms with van der Waals surface area (Å²) in [6.45, 7) is 3.54. The number of carbonyl (C=O) groups is 17. The van der Waals surface area contributed by atoms with Crippen molar-refractivity contribution in [3.05, 3.63) is 102 Å². The summed E-state index contributed by atoms with van der Waals surface area (Å²) in [5.41, 5.74) is 14.3. The van der Waals surface area contributed by atoms with Gasteiger partial charge >= 0.3 is 17.9 Å². The molecule has 3 aromatic carbocycles. The number of aromatic amines is 2. The van der Waals surface area contributed by atoms with E-state index in [1.54, 1.807) is 74.8 Å². The number of carboxylic acid groups (broad SMARTS) is 3. The van der Waals surface area contributed by atoms with Crippen LogP contribution in [-0.2, 0) is 101 Å². The SMILES string of the molecule is CC(C)C[C@H](NC(=O)[C@H](CCCCN)NC(=O)[C@H](Cc1c[nH]c2ccccc12)NC(=O)[C@H](CS)NC(=O)[C@H](CCC(=O)O)NC(=O)[C@@H](NC(=O)CNC(=O)CNC(=O)[C@H](Cc1ccc(O)cc1)NC(=O)[C@H](CCC(=O)O)NC(=O)CNC(=O)[C@@H]1CCCN1C(=O)[C@H](Cc1c[nH]c2ccccc12)NC(=O)[C@H](CS)NC(=O)[C@@H](N)CO)C(C)C)C(=O)O. The number of amides is 14. The number of carbonyl (C=O) groups excluding carboxylic acids is 14. The summed E-state index contributed by atoms with van der Waals surface area (Å²) < 4.78 is 0. The number of nitrogens with zero attached hydrogens (tertiary/aromatic N) is 1. The molecule has 1 fully saturated rings. The van der Waals surface area contributed by atoms with Gasteiger partial charge in [-0.15, -0.1) is 0 Å². The molecule has 0 saturated carbocycles. The number of hydrogen-bond acceptors (Lipinski definition) is 23. The van der Waals surface area contributed by atoms with Crippen molar-refractivity contribution in [2.24, 2.45) is 23.3 Å². The molecule has 12 atom stereocenters. The first-order valence-corrected chi connectivity index (χ1v) is 40.3. The summed E-state index contributed by atoms with van der Waals surface area (Å²) in [4.78, 5) is 238. The van der Waals surface area contributed by atoms with Gasteiger partial charge in [0.15, 0.2) is 0 Å². The first kappa shape index (κ1) is 96.9. The van der Waals surface area contributed by atoms with Crippen LogP contribution in [0.4, 0.5) is 0 Å². The Balaban J connectivity index is 1.08. The third kappa shape index (κ3) is 30.5. The Morgan fingerprint density at radius 1 is 0.492 bits per heavy atom. The van der Waals surface area contributed by atoms with Crippen LogP contribution in [0.1, 0.15) is 109 Å². The summed E-state index contributed by atoms with van der Waals surface area (Å²) >= 11 is 8.48. The number of phenols is 1. The summed E-state index contributed by atoms with van der Waals surface area (Å²) in [6.07, 6.45) is 1.33. The molecule has 42 heteroatoms. The van der Waals surface area contributed by atoms with Crippen LogP contribution in [0.15, 0.2) is 85.2 Å². The van der Waals surface area contributed by atoms with Gasteiger partial charge in [0.05, 0.1) is 26.2 Å². The van der Waals surface area contributed by atoms with Crippen molar-refractivity contribution < 1.29 is 107 Å². The van der Waals surface area contributed by atoms with E-state index < -0.39 is 237 Å². The van der Waals surface area contributed by atoms with E-state index in [2.05, 4.69) is 104 Å². The number of fused-ring (bicyclic) bond motifs is 2. The van der Waals surface area contributed by atoms with Gasteiger partial charge in [-0.3, -0.25) is 76.7 Å². The molecule has 5 aromatic rings. The fourth-order valence-electron chi connectivity index (χ4n) is 13.0. The number of para-hydroxylation sites is 2. The summed E-state index contributed by atoms with van der Waals surface area (Å²) in [5.74, 6) is -19.1. The molecule has 1 saturated heterocycles. The summed E-state index contributed by atoms with van der Waals surface area (Å²) in [5, 5.41) is 82.2. The number of nitrogens with two attached hydrogens (primary N) is 2. The molecule has 0 radical (unpaired) electrons. The number of aromatic nitrogens is 2. The maximum Gasteiger partial charge on any atom is 0.326 e. The minimum Gasteiger partial charge on any atom is -0.508 e. The van der Waals surface area contributed by atoms with Gasteiger partial charge in [-0.05, 0) is 111 Å². The van der Waals surface area contributed by atoms with E-state index in [4.69, 9.17) is 11.5 Å². The number of aliphatic hydroxyl groups is 1. The number of benzene rings is 3. The molecule has 654 valence electrons. The maximum absolute atomic E-state index is 14.6. The topological polar surface area (TPSA) is 635 Å². The van der Waals surface area contributed by atoms with Crippen molar-refractivity contribution in [3.8, 4) is 5.75 Å². The van der Waals surface area contributed by atoms with Crippen molar-refractivity contribution in [1.29, 1.82) is 0 Å². The smallest absolute Gasteiger partial charge is 0.326 e. The fraction of sp³-hybridized carbons (Fsp3) is 0.500. The number of aliphatic carboxylic acids is 3. The summed E-state index contributed by atoms with van der Waals surface area (Å²) in [7, 11) is 0. The summed E-state index contributed by atoms with van der Waals surface area (Å²) in [6, 6.07) is 2.08. The predicted octanol–water partition coefficient (Wildman–Crippen LogP) is -3.61. The lowest BCUT2D eigenvalue weighted by Gasteiger charge is -2.30. The standard InChI is InChI=1S/C78H108N18O22S2/c1-40(2)28-57(78(117)118)92-69(108)51(16-9-10-26-79)87-72(111)55(30-43-32-81-49-14-7-5-12-46(43)49)90-73(112)59(39-120)94-71(110)53(23-25-65(104)105)88-76(115)66(41(3)4)95-63(101)35-83-61(99)34-84-68(107)54(29-42-18-20-45(98)21-19-42)89-70(109)52(22-24-64(102)103)86-62(100)36-85-75(114)60-17-11-27-96(60)77(116)56(31-44-33-82-50-15-8-6-13-47(44)50)91-74(113)58(38-119)93-67(106)48(80)37-97/h5-8,12-15,18-21,32-33,40-41,48,51-60,66,81-82,97-98,119-120H,9-11,16-17,22-31,34-39,79-80H2,1-4H3,(H,83,99)(H,84,107)(H,85,114)(H,86,100)(H,87,111)(H,88,115)(H,89,109)(H,90,112)(H,91,113)(H,92,108)(H,93,106)(H,94,110)(H,95,101)(H,102,103)(H,104,105)(H,117,118)/t48-,51-,52-,53-,54-,55-,56-,57-,58-,59-,60-,66-/m0/s1. The van der Waals surface area contributed by atoms with E-state index in [-0.39, 0.29) is 69.0 Å². The second-order valence-corrected chi connectivity index (χ2v) is 30.3. The Morgan fingerprint density at radius 3 is 1.47 bits per heavy atom. The van der Waals surface area contributed by atoms with Crippen LogP contribution in [0.2, 0.25) is 0 Å². The molecule has 2 aromatic heterocycles. The predicted molar refractivity (Wildman–Crippen MR) is 440 cm³/mol. The first-order valence-electron chi connectivity index (χ1n) is 39.0. The zero-order valence-corrected chi connectivity index (χ0v) is 68.5. The highest BCUT2D eigenvalue weighted by Gasteiger charge is 2.41. The maximum atomic E-state index is 14.6. The van der Waals surface area contributed by atoms with E-state index in [1.807, 2.05) is 0 Å². The van der Waals surface area contributed by atoms with Crippen LogP contribution in [0.25, 0.3) is 21.8 Å². The lowest BCUT2D eigenvalue weighted by atomic mass is 10.0. The largest absolute Gasteiger partial charge is 0.508 e. The monoisotopic (exact) mass is 1710 g/mol. The van der Waals surface area contributed by atoms with Gasteiger partial charge in [0, 0.05) is 84.4 Å². The lowest BCUT2D eigenvalue weighted by Crippen LogP contribution is -2.60. The second kappa shape index (κ2) is 48.2. The first-order chi connectivity index (χ1) is 57.0. The van der Waals surface area contributed by atoms with Gasteiger partial charge in [-0.25, -0.2) is 4.79 Å². The molecule has 120 heavy (non-hydrogen) atoms. The number of thiol groups is 2. The van der Waals surface area contributed by atoms with Crippen LogP contribution in [0.5, 0.6) is 5.75 Å². The number of H-pyrrole nitrogens is 2. The average molecular weight is 1710 g/mol. The number of nitrogens with one attached hydrogen (secondary N) is 15. The number of carboxylic acids is 3. The Kier molecular flexibility index (Phi) is 39.0. The van der Waals surface area contributed by atoms with E-state index in [1.165, 1.54) is 43.0 Å². The van der Waals surface area contributed by atoms with Crippen LogP contribution in [-0.4, -0.2) is 264 Å². The van der Waals surface area contributed by atoms with Crippen LogP contribution >= 0.6 is 25.3 Å². The van der Waals surface area contributed by atoms with Crippen molar-refractivity contribution >= 4 is 148 Å². The molecule has 14 amide bonds. The van der Waals surface area contributed by atoms with Crippen LogP contribution in [0.3, 0.4) is 0 Å². The van der Waals surface area contributed by atoms with Gasteiger partial charge in [-0.1, -0.05) is 76.2 Å². The normalized spacial score (nSPS) is 15.3. The van der Waals surface area contributed by atoms with E-state index in [9.17, 15) is 107 Å². The minimum absolute atomic E-state index is 0.0262. The number of rotatable bonds is 50. The Morgan fingerprint density at radius 2 is 0.942 bits per heavy atom. The van der Waals surface area contributed by atoms with E-state index >= 15 is 0 Å². The minimum atomic E-state index is -1.71. The van der Waals surface area contributed by atoms with Gasteiger partial charge in [0.1, 0.15) is 78.3 Å². The Hall–Kier alpha value is -11.9. The molecule has 40 nitrogen and oxygen atoms in total. The molecule has 24 N–H and O–H groups in total. The van der Waals surface area contributed by atoms with Gasteiger partial charge < -0.3 is 121 Å². The molecule has 3 heterocycles. The van der Waals surface area contributed by atoms with E-state index in [0.717, 1.165) is 5.39 Å². The molecular weight excluding hydrogens is 1610 g/mol. The van der Waals surface area contributed by atoms with Gasteiger partial charge in [-0.2, -0.15) is 25.3 Å². The number of unbranched alkanes of at least 4 members (excludes halogenated alkanes) is 1. The fourth-order valence-corrected chi connectivity index (χ4v) is 13.5. The zero-order valence-electron chi connectivity index (χ0n) is 66.7. The Bertz CT molecular complexity index is 4450. The number of aliphatic hydroxyl groups excluding tert-OH is 1. The third-order valence-corrected chi connectivity index (χ3v) is 20.2. The molecule has 0 aliphatic carbocycles. The zero-order chi connectivity index (χ0) is 88.4. The molecule has 1 aliphatic heterocycles. The van der Waals surface area contributed by atoms with Crippen molar-refractivity contribution in [3.63, 3.8) is 0 Å². The van der Waals surface area contributed by atoms with Crippen LogP contribution < -0.4 is 80.6 Å². The van der Waals surface area contributed by atoms with Crippen LogP contribution in [0, 0.1) is 11.8 Å². The van der Waals surface area contributed by atoms with Crippen molar-refractivity contribution in [1.82, 2.24) is 84.0 Å². The quantitative estimate of drug-likeness (QED) is 0.0132. The highest BCUT2D eigenvalue weighted by molar-refractivity contribution is 7.80. The highest BCUT2D eigenvalue weighted by atomic mass is 32.1. The molecule has 0 bridgehead atoms. The lowest BCUT2D eigenvalue weighted by molar-refractivity contribution is -0.143. The second-order valence-electron chi connectivity index (χ2n) is 29.6. The molecule has 0 spiro atoms. The third-order valence-electron chi connectivity index (χ3n) is 19.5. The van der Waals surface area contributed by atoms with Gasteiger partial charge in [0.2, 0.25) is 82.7 Å². The number of hydrogen-bond donors (Lipinski definition) is 24. The molecule has 1 aliphatic rings. The van der Waals surface area contributed by atoms with E-state index in [0.29, 0.717) is 52.4 Å². The highest BCUT2D eigenvalue weighted by Crippen LogP contribution is 2.25. The van der Waals surface area contributed by atoms with Crippen molar-refractivity contribution in [2.45, 2.75) is 184 Å². The molecule has 0 unspecified atom stereocenters. The number of aromatic hydroxyl groups is 1. The van der Waals surface area contributed by atoms with Crippen molar-refractivity contribution in [2.75, 3.05) is 50.8 Å². The molecular formula is C78H108N18O22S2.